The SMILES string of the molecule is C=CCN(CCC(=O)O)c1cc(C(F)(F)F)ccc1Cl. The molecule has 20 heavy (non-hydrogen) atoms. The standard InChI is InChI=1S/C13H13ClF3NO2/c1-2-6-18(7-5-12(19)20)11-8-9(13(15,16)17)3-4-10(11)14/h2-4,8H,1,5-7H2,(H,19,20). The molecule has 0 radical (unpaired) electrons. The Kier molecular flexibility index (Phi) is 5.44. The number of benzene rings is 1. The number of nitrogens with zero attached hydrogens (tertiary/aromatic N) is 1. The second-order valence-corrected chi connectivity index (χ2v) is 4.45. The molecule has 1 rings (SSSR count). The third kappa shape index (κ3) is 4.45. The van der Waals surface area contributed by atoms with E-state index in [9.17, 15) is 18.0 Å². The Labute approximate surface area is 119 Å². The van der Waals surface area contributed by atoms with Crippen LogP contribution in [0.15, 0.2) is 30.9 Å². The number of carboxylic acids is 1. The molecule has 0 aliphatic carbocycles. The van der Waals surface area contributed by atoms with Crippen molar-refractivity contribution in [1.29, 1.82) is 0 Å². The lowest BCUT2D eigenvalue weighted by molar-refractivity contribution is -0.138. The first-order valence-corrected chi connectivity index (χ1v) is 6.08. The second-order valence-electron chi connectivity index (χ2n) is 4.04. The highest BCUT2D eigenvalue weighted by Gasteiger charge is 2.31. The van der Waals surface area contributed by atoms with Crippen molar-refractivity contribution in [2.24, 2.45) is 0 Å². The number of alkyl halides is 3. The van der Waals surface area contributed by atoms with Crippen LogP contribution in [0.4, 0.5) is 18.9 Å². The molecular formula is C13H13ClF3NO2. The summed E-state index contributed by atoms with van der Waals surface area (Å²) in [4.78, 5) is 12.0. The Morgan fingerprint density at radius 2 is 2.10 bits per heavy atom. The average Bonchev–Trinajstić information content (AvgIpc) is 2.33. The van der Waals surface area contributed by atoms with Gasteiger partial charge in [-0.3, -0.25) is 4.79 Å². The van der Waals surface area contributed by atoms with Crippen molar-refractivity contribution in [1.82, 2.24) is 0 Å². The summed E-state index contributed by atoms with van der Waals surface area (Å²) in [5, 5.41) is 8.80. The number of aliphatic carboxylic acids is 1. The van der Waals surface area contributed by atoms with Crippen molar-refractivity contribution >= 4 is 23.3 Å². The first-order chi connectivity index (χ1) is 9.25. The third-order valence-electron chi connectivity index (χ3n) is 2.56. The molecule has 0 aromatic heterocycles. The fraction of sp³-hybridized carbons (Fsp3) is 0.308. The minimum atomic E-state index is -4.48. The van der Waals surface area contributed by atoms with Gasteiger partial charge in [-0.2, -0.15) is 13.2 Å². The summed E-state index contributed by atoms with van der Waals surface area (Å²) in [5.41, 5.74) is -0.691. The Bertz CT molecular complexity index is 503. The second kappa shape index (κ2) is 6.65. The lowest BCUT2D eigenvalue weighted by Crippen LogP contribution is -2.27. The molecule has 0 saturated heterocycles. The van der Waals surface area contributed by atoms with Crippen LogP contribution in [0.3, 0.4) is 0 Å². The molecular weight excluding hydrogens is 295 g/mol. The molecule has 0 amide bonds. The maximum absolute atomic E-state index is 12.7. The molecule has 0 aliphatic rings. The van der Waals surface area contributed by atoms with E-state index in [4.69, 9.17) is 16.7 Å². The number of hydrogen-bond acceptors (Lipinski definition) is 2. The zero-order valence-corrected chi connectivity index (χ0v) is 11.2. The Balaban J connectivity index is 3.11. The van der Waals surface area contributed by atoms with Gasteiger partial charge in [-0.15, -0.1) is 6.58 Å². The minimum absolute atomic E-state index is 0.0440. The van der Waals surface area contributed by atoms with Crippen LogP contribution in [0.1, 0.15) is 12.0 Å². The molecule has 0 spiro atoms. The summed E-state index contributed by atoms with van der Waals surface area (Å²) in [6.45, 7) is 3.75. The van der Waals surface area contributed by atoms with Crippen molar-refractivity contribution in [2.45, 2.75) is 12.6 Å². The maximum atomic E-state index is 12.7. The van der Waals surface area contributed by atoms with Gasteiger partial charge in [-0.25, -0.2) is 0 Å². The molecule has 3 nitrogen and oxygen atoms in total. The lowest BCUT2D eigenvalue weighted by atomic mass is 10.1. The number of carboxylic acid groups (broad SMARTS) is 1. The van der Waals surface area contributed by atoms with Gasteiger partial charge in [0.15, 0.2) is 0 Å². The number of carbonyl (C=O) groups is 1. The highest BCUT2D eigenvalue weighted by Crippen LogP contribution is 2.35. The summed E-state index contributed by atoms with van der Waals surface area (Å²) in [6, 6.07) is 2.94. The molecule has 0 unspecified atom stereocenters. The first kappa shape index (κ1) is 16.4. The quantitative estimate of drug-likeness (QED) is 0.812. The van der Waals surface area contributed by atoms with E-state index in [1.54, 1.807) is 0 Å². The van der Waals surface area contributed by atoms with Crippen LogP contribution in [0, 0.1) is 0 Å². The Morgan fingerprint density at radius 3 is 2.60 bits per heavy atom. The van der Waals surface area contributed by atoms with Gasteiger partial charge >= 0.3 is 12.1 Å². The third-order valence-corrected chi connectivity index (χ3v) is 2.88. The summed E-state index contributed by atoms with van der Waals surface area (Å²) in [5.74, 6) is -1.04. The van der Waals surface area contributed by atoms with E-state index in [2.05, 4.69) is 6.58 Å². The monoisotopic (exact) mass is 307 g/mol. The summed E-state index contributed by atoms with van der Waals surface area (Å²) >= 11 is 5.90. The molecule has 1 N–H and O–H groups in total. The van der Waals surface area contributed by atoms with Crippen LogP contribution in [0.25, 0.3) is 0 Å². The normalized spacial score (nSPS) is 11.2. The average molecular weight is 308 g/mol. The first-order valence-electron chi connectivity index (χ1n) is 5.70. The molecule has 1 aromatic rings. The summed E-state index contributed by atoms with van der Waals surface area (Å²) in [6.07, 6.45) is -3.22. The van der Waals surface area contributed by atoms with E-state index in [0.717, 1.165) is 18.2 Å². The van der Waals surface area contributed by atoms with Gasteiger partial charge in [0.2, 0.25) is 0 Å². The van der Waals surface area contributed by atoms with Crippen molar-refractivity contribution < 1.29 is 23.1 Å². The predicted molar refractivity (Wildman–Crippen MR) is 71.1 cm³/mol. The number of rotatable bonds is 6. The molecule has 0 saturated carbocycles. The molecule has 7 heteroatoms. The van der Waals surface area contributed by atoms with Crippen molar-refractivity contribution in [2.75, 3.05) is 18.0 Å². The topological polar surface area (TPSA) is 40.5 Å². The number of anilines is 1. The van der Waals surface area contributed by atoms with Gasteiger partial charge in [0.25, 0.3) is 0 Å². The molecule has 0 bridgehead atoms. The van der Waals surface area contributed by atoms with E-state index in [1.165, 1.54) is 11.0 Å². The summed E-state index contributed by atoms with van der Waals surface area (Å²) < 4.78 is 38.1. The fourth-order valence-electron chi connectivity index (χ4n) is 1.63. The van der Waals surface area contributed by atoms with Gasteiger partial charge in [0, 0.05) is 13.1 Å². The highest BCUT2D eigenvalue weighted by atomic mass is 35.5. The molecule has 0 atom stereocenters. The number of hydrogen-bond donors (Lipinski definition) is 1. The highest BCUT2D eigenvalue weighted by molar-refractivity contribution is 6.33. The molecule has 0 fully saturated rings. The van der Waals surface area contributed by atoms with E-state index >= 15 is 0 Å². The molecule has 0 aliphatic heterocycles. The van der Waals surface area contributed by atoms with E-state index in [1.807, 2.05) is 0 Å². The fourth-order valence-corrected chi connectivity index (χ4v) is 1.86. The van der Waals surface area contributed by atoms with Crippen LogP contribution in [0.5, 0.6) is 0 Å². The van der Waals surface area contributed by atoms with Gasteiger partial charge in [0.05, 0.1) is 22.7 Å². The van der Waals surface area contributed by atoms with E-state index < -0.39 is 17.7 Å². The van der Waals surface area contributed by atoms with Crippen LogP contribution >= 0.6 is 11.6 Å². The maximum Gasteiger partial charge on any atom is 0.416 e. The van der Waals surface area contributed by atoms with Gasteiger partial charge in [-0.05, 0) is 18.2 Å². The lowest BCUT2D eigenvalue weighted by Gasteiger charge is -2.24. The smallest absolute Gasteiger partial charge is 0.416 e. The van der Waals surface area contributed by atoms with Gasteiger partial charge < -0.3 is 10.0 Å². The number of halogens is 4. The van der Waals surface area contributed by atoms with Gasteiger partial charge in [-0.1, -0.05) is 17.7 Å². The van der Waals surface area contributed by atoms with E-state index in [-0.39, 0.29) is 30.2 Å². The Morgan fingerprint density at radius 1 is 1.45 bits per heavy atom. The van der Waals surface area contributed by atoms with E-state index in [0.29, 0.717) is 0 Å². The van der Waals surface area contributed by atoms with Crippen LogP contribution in [0.2, 0.25) is 5.02 Å². The zero-order chi connectivity index (χ0) is 15.3. The zero-order valence-electron chi connectivity index (χ0n) is 10.5. The summed E-state index contributed by atoms with van der Waals surface area (Å²) in [7, 11) is 0. The van der Waals surface area contributed by atoms with Crippen molar-refractivity contribution in [3.8, 4) is 0 Å². The Hall–Kier alpha value is -1.69. The van der Waals surface area contributed by atoms with Crippen molar-refractivity contribution in [3.63, 3.8) is 0 Å². The van der Waals surface area contributed by atoms with Crippen molar-refractivity contribution in [3.05, 3.63) is 41.4 Å². The minimum Gasteiger partial charge on any atom is -0.481 e. The molecule has 110 valence electrons. The molecule has 1 aromatic carbocycles. The predicted octanol–water partition coefficient (Wildman–Crippen LogP) is 3.83. The van der Waals surface area contributed by atoms with Gasteiger partial charge in [0.1, 0.15) is 0 Å². The van der Waals surface area contributed by atoms with Crippen LogP contribution in [-0.4, -0.2) is 24.2 Å². The van der Waals surface area contributed by atoms with Crippen LogP contribution in [-0.2, 0) is 11.0 Å². The molecule has 0 heterocycles. The van der Waals surface area contributed by atoms with Crippen LogP contribution < -0.4 is 4.90 Å². The largest absolute Gasteiger partial charge is 0.481 e.